The molecule has 0 atom stereocenters. The van der Waals surface area contributed by atoms with Crippen molar-refractivity contribution < 1.29 is 19.1 Å². The number of hydrogen-bond donors (Lipinski definition) is 0. The number of rotatable bonds is 7. The number of carbonyl (C=O) groups is 2. The van der Waals surface area contributed by atoms with Gasteiger partial charge in [0.05, 0.1) is 16.8 Å². The van der Waals surface area contributed by atoms with Gasteiger partial charge in [0.25, 0.3) is 0 Å². The highest BCUT2D eigenvalue weighted by atomic mass is 32.1. The van der Waals surface area contributed by atoms with Gasteiger partial charge in [-0.25, -0.2) is 9.78 Å². The molecular formula is C15H17NO4S. The lowest BCUT2D eigenvalue weighted by Crippen LogP contribution is -2.14. The number of nitrogens with zero attached hydrogens (tertiary/aromatic N) is 1. The summed E-state index contributed by atoms with van der Waals surface area (Å²) < 4.78 is 11.0. The maximum absolute atomic E-state index is 11.8. The molecule has 0 amide bonds. The Morgan fingerprint density at radius 1 is 1.29 bits per heavy atom. The van der Waals surface area contributed by atoms with Crippen molar-refractivity contribution >= 4 is 33.3 Å². The third kappa shape index (κ3) is 4.01. The van der Waals surface area contributed by atoms with Crippen LogP contribution in [0.3, 0.4) is 0 Å². The molecule has 6 heteroatoms. The van der Waals surface area contributed by atoms with Crippen molar-refractivity contribution in [1.29, 1.82) is 0 Å². The standard InChI is InChI=1S/C15H17NO4S/c1-3-5-12(17)15-16-11-7-6-10(8-13(11)21-15)20-9-14(18)19-4-2/h6-8H,3-5,9H2,1-2H3. The largest absolute Gasteiger partial charge is 0.482 e. The Kier molecular flexibility index (Phi) is 5.27. The van der Waals surface area contributed by atoms with E-state index in [2.05, 4.69) is 4.98 Å². The summed E-state index contributed by atoms with van der Waals surface area (Å²) in [6.07, 6.45) is 1.31. The minimum absolute atomic E-state index is 0.0627. The molecule has 0 aliphatic heterocycles. The summed E-state index contributed by atoms with van der Waals surface area (Å²) in [5.41, 5.74) is 0.767. The van der Waals surface area contributed by atoms with Crippen LogP contribution in [0, 0.1) is 0 Å². The molecule has 0 unspecified atom stereocenters. The number of carbonyl (C=O) groups excluding carboxylic acids is 2. The van der Waals surface area contributed by atoms with E-state index in [9.17, 15) is 9.59 Å². The van der Waals surface area contributed by atoms with Gasteiger partial charge in [0, 0.05) is 6.42 Å². The van der Waals surface area contributed by atoms with E-state index in [1.54, 1.807) is 25.1 Å². The minimum Gasteiger partial charge on any atom is -0.482 e. The molecule has 1 heterocycles. The van der Waals surface area contributed by atoms with E-state index in [0.717, 1.165) is 16.6 Å². The molecule has 112 valence electrons. The highest BCUT2D eigenvalue weighted by Crippen LogP contribution is 2.27. The SMILES string of the molecule is CCCC(=O)c1nc2ccc(OCC(=O)OCC)cc2s1. The van der Waals surface area contributed by atoms with Crippen molar-refractivity contribution in [2.24, 2.45) is 0 Å². The molecule has 0 N–H and O–H groups in total. The number of thiazole rings is 1. The fourth-order valence-electron chi connectivity index (χ4n) is 1.79. The van der Waals surface area contributed by atoms with Gasteiger partial charge in [-0.05, 0) is 31.5 Å². The summed E-state index contributed by atoms with van der Waals surface area (Å²) in [7, 11) is 0. The van der Waals surface area contributed by atoms with Crippen LogP contribution in [0.1, 0.15) is 36.5 Å². The summed E-state index contributed by atoms with van der Waals surface area (Å²) in [5.74, 6) is 0.224. The number of ether oxygens (including phenoxy) is 2. The van der Waals surface area contributed by atoms with Crippen molar-refractivity contribution in [2.75, 3.05) is 13.2 Å². The molecule has 1 aromatic heterocycles. The summed E-state index contributed by atoms with van der Waals surface area (Å²) in [6.45, 7) is 3.92. The van der Waals surface area contributed by atoms with Gasteiger partial charge in [-0.3, -0.25) is 4.79 Å². The normalized spacial score (nSPS) is 10.6. The molecule has 0 spiro atoms. The zero-order chi connectivity index (χ0) is 15.2. The van der Waals surface area contributed by atoms with Gasteiger partial charge in [0.1, 0.15) is 5.75 Å². The zero-order valence-electron chi connectivity index (χ0n) is 12.0. The Morgan fingerprint density at radius 2 is 2.10 bits per heavy atom. The van der Waals surface area contributed by atoms with Crippen LogP contribution in [0.25, 0.3) is 10.2 Å². The Morgan fingerprint density at radius 3 is 2.81 bits per heavy atom. The van der Waals surface area contributed by atoms with Gasteiger partial charge in [0.15, 0.2) is 17.4 Å². The molecule has 2 rings (SSSR count). The second-order valence-electron chi connectivity index (χ2n) is 4.42. The molecule has 0 saturated carbocycles. The Balaban J connectivity index is 2.10. The predicted molar refractivity (Wildman–Crippen MR) is 81.0 cm³/mol. The average molecular weight is 307 g/mol. The first-order chi connectivity index (χ1) is 10.1. The maximum Gasteiger partial charge on any atom is 0.344 e. The molecule has 0 saturated heterocycles. The van der Waals surface area contributed by atoms with Gasteiger partial charge in [-0.15, -0.1) is 11.3 Å². The van der Waals surface area contributed by atoms with Crippen LogP contribution in [0.15, 0.2) is 18.2 Å². The number of ketones is 1. The predicted octanol–water partition coefficient (Wildman–Crippen LogP) is 3.22. The number of esters is 1. The fraction of sp³-hybridized carbons (Fsp3) is 0.400. The van der Waals surface area contributed by atoms with Crippen molar-refractivity contribution in [3.63, 3.8) is 0 Å². The highest BCUT2D eigenvalue weighted by molar-refractivity contribution is 7.20. The first kappa shape index (κ1) is 15.4. The molecule has 0 fully saturated rings. The maximum atomic E-state index is 11.8. The topological polar surface area (TPSA) is 65.5 Å². The fourth-order valence-corrected chi connectivity index (χ4v) is 2.75. The van der Waals surface area contributed by atoms with E-state index in [1.807, 2.05) is 6.92 Å². The van der Waals surface area contributed by atoms with Crippen LogP contribution < -0.4 is 4.74 Å². The number of aromatic nitrogens is 1. The molecule has 0 bridgehead atoms. The van der Waals surface area contributed by atoms with E-state index >= 15 is 0 Å². The van der Waals surface area contributed by atoms with Crippen LogP contribution >= 0.6 is 11.3 Å². The van der Waals surface area contributed by atoms with Crippen LogP contribution in [0.4, 0.5) is 0 Å². The van der Waals surface area contributed by atoms with E-state index in [-0.39, 0.29) is 12.4 Å². The van der Waals surface area contributed by atoms with Gasteiger partial charge in [-0.2, -0.15) is 0 Å². The quantitative estimate of drug-likeness (QED) is 0.580. The van der Waals surface area contributed by atoms with Crippen molar-refractivity contribution in [3.8, 4) is 5.75 Å². The van der Waals surface area contributed by atoms with Gasteiger partial charge >= 0.3 is 5.97 Å². The summed E-state index contributed by atoms with van der Waals surface area (Å²) in [4.78, 5) is 27.4. The minimum atomic E-state index is -0.402. The van der Waals surface area contributed by atoms with E-state index in [1.165, 1.54) is 11.3 Å². The Hall–Kier alpha value is -1.95. The van der Waals surface area contributed by atoms with Gasteiger partial charge < -0.3 is 9.47 Å². The lowest BCUT2D eigenvalue weighted by Gasteiger charge is -2.05. The lowest BCUT2D eigenvalue weighted by atomic mass is 10.2. The summed E-state index contributed by atoms with van der Waals surface area (Å²) in [5, 5.41) is 0.523. The van der Waals surface area contributed by atoms with Crippen LogP contribution in [0.5, 0.6) is 5.75 Å². The van der Waals surface area contributed by atoms with Gasteiger partial charge in [-0.1, -0.05) is 6.92 Å². The molecule has 2 aromatic rings. The van der Waals surface area contributed by atoms with Crippen LogP contribution in [-0.4, -0.2) is 30.0 Å². The van der Waals surface area contributed by atoms with E-state index < -0.39 is 5.97 Å². The Labute approximate surface area is 126 Å². The number of benzene rings is 1. The van der Waals surface area contributed by atoms with E-state index in [0.29, 0.717) is 23.8 Å². The molecular weight excluding hydrogens is 290 g/mol. The second-order valence-corrected chi connectivity index (χ2v) is 5.45. The first-order valence-corrected chi connectivity index (χ1v) is 7.68. The molecule has 0 aliphatic rings. The third-order valence-corrected chi connectivity index (χ3v) is 3.80. The summed E-state index contributed by atoms with van der Waals surface area (Å²) in [6, 6.07) is 5.30. The van der Waals surface area contributed by atoms with Crippen molar-refractivity contribution in [1.82, 2.24) is 4.98 Å². The first-order valence-electron chi connectivity index (χ1n) is 6.86. The van der Waals surface area contributed by atoms with Crippen molar-refractivity contribution in [2.45, 2.75) is 26.7 Å². The number of fused-ring (bicyclic) bond motifs is 1. The molecule has 5 nitrogen and oxygen atoms in total. The molecule has 21 heavy (non-hydrogen) atoms. The monoisotopic (exact) mass is 307 g/mol. The zero-order valence-corrected chi connectivity index (χ0v) is 12.9. The molecule has 1 aromatic carbocycles. The summed E-state index contributed by atoms with van der Waals surface area (Å²) >= 11 is 1.35. The number of Topliss-reactive ketones (excluding diaryl/α,β-unsaturated/α-hetero) is 1. The lowest BCUT2D eigenvalue weighted by molar-refractivity contribution is -0.145. The number of hydrogen-bond acceptors (Lipinski definition) is 6. The van der Waals surface area contributed by atoms with Gasteiger partial charge in [0.2, 0.25) is 0 Å². The smallest absolute Gasteiger partial charge is 0.344 e. The van der Waals surface area contributed by atoms with Crippen molar-refractivity contribution in [3.05, 3.63) is 23.2 Å². The molecule has 0 radical (unpaired) electrons. The van der Waals surface area contributed by atoms with E-state index in [4.69, 9.17) is 9.47 Å². The third-order valence-electron chi connectivity index (χ3n) is 2.74. The molecule has 0 aliphatic carbocycles. The highest BCUT2D eigenvalue weighted by Gasteiger charge is 2.12. The van der Waals surface area contributed by atoms with Crippen LogP contribution in [0.2, 0.25) is 0 Å². The Bertz CT molecular complexity index is 650. The average Bonchev–Trinajstić information content (AvgIpc) is 2.89. The van der Waals surface area contributed by atoms with Crippen LogP contribution in [-0.2, 0) is 9.53 Å². The second kappa shape index (κ2) is 7.17.